The van der Waals surface area contributed by atoms with Gasteiger partial charge in [-0.3, -0.25) is 14.3 Å². The van der Waals surface area contributed by atoms with Crippen molar-refractivity contribution in [1.82, 2.24) is 19.8 Å². The van der Waals surface area contributed by atoms with Crippen LogP contribution in [-0.2, 0) is 11.3 Å². The average Bonchev–Trinajstić information content (AvgIpc) is 3.15. The average molecular weight is 318 g/mol. The van der Waals surface area contributed by atoms with Crippen molar-refractivity contribution in [1.29, 1.82) is 0 Å². The van der Waals surface area contributed by atoms with E-state index in [1.54, 1.807) is 24.1 Å². The lowest BCUT2D eigenvalue weighted by molar-refractivity contribution is -0.137. The van der Waals surface area contributed by atoms with E-state index < -0.39 is 5.97 Å². The number of carboxylic acid groups (broad SMARTS) is 1. The summed E-state index contributed by atoms with van der Waals surface area (Å²) in [7, 11) is 0. The summed E-state index contributed by atoms with van der Waals surface area (Å²) < 4.78 is 6.36. The van der Waals surface area contributed by atoms with E-state index in [4.69, 9.17) is 9.63 Å². The van der Waals surface area contributed by atoms with Crippen LogP contribution in [0.15, 0.2) is 22.9 Å². The molecule has 3 rings (SSSR count). The second kappa shape index (κ2) is 6.23. The summed E-state index contributed by atoms with van der Waals surface area (Å²) in [6.45, 7) is 2.82. The number of aryl methyl sites for hydroxylation is 1. The minimum atomic E-state index is -0.929. The van der Waals surface area contributed by atoms with Crippen LogP contribution in [0.3, 0.4) is 0 Å². The van der Waals surface area contributed by atoms with Gasteiger partial charge < -0.3 is 14.5 Å². The number of likely N-dealkylation sites (tertiary alicyclic amines) is 1. The molecular weight excluding hydrogens is 300 g/mol. The molecular formula is C15H18N4O4. The van der Waals surface area contributed by atoms with Gasteiger partial charge in [-0.15, -0.1) is 0 Å². The maximum atomic E-state index is 12.4. The van der Waals surface area contributed by atoms with Gasteiger partial charge in [0.2, 0.25) is 0 Å². The van der Waals surface area contributed by atoms with Crippen molar-refractivity contribution in [3.05, 3.63) is 35.5 Å². The first kappa shape index (κ1) is 15.3. The molecule has 8 heteroatoms. The Morgan fingerprint density at radius 3 is 3.00 bits per heavy atom. The summed E-state index contributed by atoms with van der Waals surface area (Å²) in [4.78, 5) is 24.9. The number of nitrogens with zero attached hydrogens (tertiary/aromatic N) is 4. The molecule has 0 aromatic carbocycles. The molecule has 8 nitrogen and oxygen atoms in total. The number of carbonyl (C=O) groups excluding carboxylic acids is 1. The van der Waals surface area contributed by atoms with Crippen molar-refractivity contribution in [3.8, 4) is 0 Å². The normalized spacial score (nSPS) is 18.1. The van der Waals surface area contributed by atoms with Crippen molar-refractivity contribution in [2.24, 2.45) is 0 Å². The number of carbonyl (C=O) groups is 2. The summed E-state index contributed by atoms with van der Waals surface area (Å²) in [6.07, 6.45) is 3.45. The number of rotatable bonds is 4. The van der Waals surface area contributed by atoms with E-state index in [1.165, 1.54) is 4.68 Å². The molecule has 1 N–H and O–H groups in total. The third-order valence-electron chi connectivity index (χ3n) is 3.93. The first-order valence-corrected chi connectivity index (χ1v) is 7.50. The van der Waals surface area contributed by atoms with Gasteiger partial charge in [-0.2, -0.15) is 5.10 Å². The molecule has 1 amide bonds. The zero-order chi connectivity index (χ0) is 16.4. The SMILES string of the molecule is Cc1cc(C(=O)N2CCC[C@H](c3ccn(CC(=O)O)n3)C2)no1. The minimum absolute atomic E-state index is 0.107. The maximum absolute atomic E-state index is 12.4. The molecule has 1 atom stereocenters. The molecule has 1 fully saturated rings. The second-order valence-electron chi connectivity index (χ2n) is 5.75. The predicted molar refractivity (Wildman–Crippen MR) is 79.0 cm³/mol. The van der Waals surface area contributed by atoms with Crippen LogP contribution >= 0.6 is 0 Å². The van der Waals surface area contributed by atoms with Crippen LogP contribution in [-0.4, -0.2) is 49.9 Å². The molecule has 122 valence electrons. The number of piperidine rings is 1. The van der Waals surface area contributed by atoms with Crippen LogP contribution in [0.25, 0.3) is 0 Å². The Bertz CT molecular complexity index is 721. The van der Waals surface area contributed by atoms with Crippen molar-refractivity contribution in [3.63, 3.8) is 0 Å². The smallest absolute Gasteiger partial charge is 0.325 e. The van der Waals surface area contributed by atoms with E-state index in [9.17, 15) is 9.59 Å². The lowest BCUT2D eigenvalue weighted by Gasteiger charge is -2.31. The summed E-state index contributed by atoms with van der Waals surface area (Å²) in [6, 6.07) is 3.45. The second-order valence-corrected chi connectivity index (χ2v) is 5.75. The summed E-state index contributed by atoms with van der Waals surface area (Å²) in [5.74, 6) is -0.358. The van der Waals surface area contributed by atoms with Gasteiger partial charge in [0.25, 0.3) is 5.91 Å². The molecule has 3 heterocycles. The fraction of sp³-hybridized carbons (Fsp3) is 0.467. The molecule has 23 heavy (non-hydrogen) atoms. The molecule has 0 spiro atoms. The summed E-state index contributed by atoms with van der Waals surface area (Å²) in [5.41, 5.74) is 1.14. The third kappa shape index (κ3) is 3.41. The van der Waals surface area contributed by atoms with Gasteiger partial charge in [-0.1, -0.05) is 5.16 Å². The van der Waals surface area contributed by atoms with Gasteiger partial charge in [-0.25, -0.2) is 0 Å². The van der Waals surface area contributed by atoms with E-state index in [2.05, 4.69) is 10.3 Å². The standard InChI is InChI=1S/C15H18N4O4/c1-10-7-13(17-23-10)15(22)18-5-2-3-11(8-18)12-4-6-19(16-12)9-14(20)21/h4,6-7,11H,2-3,5,8-9H2,1H3,(H,20,21)/t11-/m0/s1. The Kier molecular flexibility index (Phi) is 4.14. The van der Waals surface area contributed by atoms with Crippen LogP contribution in [0, 0.1) is 6.92 Å². The first-order valence-electron chi connectivity index (χ1n) is 7.50. The van der Waals surface area contributed by atoms with Gasteiger partial charge in [0, 0.05) is 31.3 Å². The monoisotopic (exact) mass is 318 g/mol. The third-order valence-corrected chi connectivity index (χ3v) is 3.93. The number of carboxylic acids is 1. The molecule has 0 unspecified atom stereocenters. The fourth-order valence-electron chi connectivity index (χ4n) is 2.85. The zero-order valence-electron chi connectivity index (χ0n) is 12.8. The highest BCUT2D eigenvalue weighted by atomic mass is 16.5. The van der Waals surface area contributed by atoms with E-state index in [0.717, 1.165) is 18.5 Å². The van der Waals surface area contributed by atoms with Gasteiger partial charge in [0.15, 0.2) is 5.69 Å². The highest BCUT2D eigenvalue weighted by Gasteiger charge is 2.28. The number of hydrogen-bond acceptors (Lipinski definition) is 5. The van der Waals surface area contributed by atoms with Gasteiger partial charge in [0.05, 0.1) is 5.69 Å². The quantitative estimate of drug-likeness (QED) is 0.911. The van der Waals surface area contributed by atoms with E-state index >= 15 is 0 Å². The molecule has 0 radical (unpaired) electrons. The Morgan fingerprint density at radius 2 is 2.30 bits per heavy atom. The number of aliphatic carboxylic acids is 1. The lowest BCUT2D eigenvalue weighted by Crippen LogP contribution is -2.39. The molecule has 0 saturated carbocycles. The van der Waals surface area contributed by atoms with Crippen LogP contribution in [0.2, 0.25) is 0 Å². The fourth-order valence-corrected chi connectivity index (χ4v) is 2.85. The first-order chi connectivity index (χ1) is 11.0. The highest BCUT2D eigenvalue weighted by Crippen LogP contribution is 2.26. The van der Waals surface area contributed by atoms with Gasteiger partial charge in [-0.05, 0) is 25.8 Å². The molecule has 0 bridgehead atoms. The summed E-state index contributed by atoms with van der Waals surface area (Å²) >= 11 is 0. The van der Waals surface area contributed by atoms with Crippen molar-refractivity contribution in [2.45, 2.75) is 32.2 Å². The Morgan fingerprint density at radius 1 is 1.48 bits per heavy atom. The lowest BCUT2D eigenvalue weighted by atomic mass is 9.95. The molecule has 0 aliphatic carbocycles. The van der Waals surface area contributed by atoms with Crippen molar-refractivity contribution < 1.29 is 19.2 Å². The Labute approximate surface area is 132 Å². The molecule has 1 aliphatic rings. The molecule has 2 aromatic heterocycles. The molecule has 2 aromatic rings. The van der Waals surface area contributed by atoms with Gasteiger partial charge in [0.1, 0.15) is 12.3 Å². The van der Waals surface area contributed by atoms with E-state index in [1.807, 2.05) is 6.07 Å². The Balaban J connectivity index is 1.69. The topological polar surface area (TPSA) is 101 Å². The van der Waals surface area contributed by atoms with Crippen molar-refractivity contribution >= 4 is 11.9 Å². The van der Waals surface area contributed by atoms with Crippen LogP contribution < -0.4 is 0 Å². The van der Waals surface area contributed by atoms with Crippen LogP contribution in [0.4, 0.5) is 0 Å². The summed E-state index contributed by atoms with van der Waals surface area (Å²) in [5, 5.41) is 16.9. The van der Waals surface area contributed by atoms with E-state index in [0.29, 0.717) is 24.5 Å². The number of hydrogen-bond donors (Lipinski definition) is 1. The predicted octanol–water partition coefficient (Wildman–Crippen LogP) is 1.28. The largest absolute Gasteiger partial charge is 0.480 e. The van der Waals surface area contributed by atoms with E-state index in [-0.39, 0.29) is 18.4 Å². The minimum Gasteiger partial charge on any atom is -0.480 e. The van der Waals surface area contributed by atoms with Crippen LogP contribution in [0.1, 0.15) is 40.7 Å². The number of aromatic nitrogens is 3. The van der Waals surface area contributed by atoms with Gasteiger partial charge >= 0.3 is 5.97 Å². The highest BCUT2D eigenvalue weighted by molar-refractivity contribution is 5.92. The molecule has 1 aliphatic heterocycles. The van der Waals surface area contributed by atoms with Crippen LogP contribution in [0.5, 0.6) is 0 Å². The van der Waals surface area contributed by atoms with Crippen molar-refractivity contribution in [2.75, 3.05) is 13.1 Å². The zero-order valence-corrected chi connectivity index (χ0v) is 12.8. The Hall–Kier alpha value is -2.64. The maximum Gasteiger partial charge on any atom is 0.325 e. The molecule has 1 saturated heterocycles. The number of amides is 1.